The molecule has 1 aliphatic heterocycles. The summed E-state index contributed by atoms with van der Waals surface area (Å²) in [4.78, 5) is 22.7. The van der Waals surface area contributed by atoms with Crippen molar-refractivity contribution in [2.24, 2.45) is 0 Å². The van der Waals surface area contributed by atoms with Gasteiger partial charge in [0.15, 0.2) is 11.5 Å². The number of halogens is 1. The second-order valence-corrected chi connectivity index (χ2v) is 4.22. The zero-order valence-electron chi connectivity index (χ0n) is 9.53. The number of nitrogens with one attached hydrogen (secondary N) is 1. The Balaban J connectivity index is 2.46. The fraction of sp³-hybridized carbons (Fsp3) is 0.0769. The van der Waals surface area contributed by atoms with Crippen molar-refractivity contribution in [3.05, 3.63) is 51.9 Å². The van der Waals surface area contributed by atoms with Gasteiger partial charge in [-0.1, -0.05) is 29.8 Å². The van der Waals surface area contributed by atoms with Crippen LogP contribution in [0.25, 0.3) is 6.08 Å². The van der Waals surface area contributed by atoms with Gasteiger partial charge in [0.25, 0.3) is 5.91 Å². The lowest BCUT2D eigenvalue weighted by molar-refractivity contribution is -0.120. The lowest BCUT2D eigenvalue weighted by atomic mass is 10.1. The molecule has 0 unspecified atom stereocenters. The Morgan fingerprint density at radius 1 is 1.39 bits per heavy atom. The molecular formula is C13H10ClNO3. The predicted molar refractivity (Wildman–Crippen MR) is 67.9 cm³/mol. The van der Waals surface area contributed by atoms with Crippen molar-refractivity contribution < 1.29 is 14.7 Å². The molecule has 0 aliphatic carbocycles. The predicted octanol–water partition coefficient (Wildman–Crippen LogP) is 2.21. The van der Waals surface area contributed by atoms with Crippen molar-refractivity contribution in [2.45, 2.75) is 6.92 Å². The summed E-state index contributed by atoms with van der Waals surface area (Å²) in [5, 5.41) is 12.7. The summed E-state index contributed by atoms with van der Waals surface area (Å²) in [6, 6.07) is 6.98. The summed E-state index contributed by atoms with van der Waals surface area (Å²) in [6.45, 7) is 1.23. The first kappa shape index (κ1) is 12.4. The smallest absolute Gasteiger partial charge is 0.263 e. The molecule has 4 nitrogen and oxygen atoms in total. The summed E-state index contributed by atoms with van der Waals surface area (Å²) in [6.07, 6.45) is 1.52. The van der Waals surface area contributed by atoms with Crippen LogP contribution in [0, 0.1) is 0 Å². The number of carbonyl (C=O) groups excluding carboxylic acids is 2. The van der Waals surface area contributed by atoms with Gasteiger partial charge in [-0.15, -0.1) is 0 Å². The Labute approximate surface area is 109 Å². The van der Waals surface area contributed by atoms with Crippen molar-refractivity contribution in [2.75, 3.05) is 0 Å². The van der Waals surface area contributed by atoms with Gasteiger partial charge in [0.05, 0.1) is 5.70 Å². The maximum absolute atomic E-state index is 11.5. The molecule has 2 N–H and O–H groups in total. The first-order chi connectivity index (χ1) is 8.50. The average Bonchev–Trinajstić information content (AvgIpc) is 2.57. The third-order valence-corrected chi connectivity index (χ3v) is 2.87. The van der Waals surface area contributed by atoms with Crippen LogP contribution in [-0.2, 0) is 9.59 Å². The van der Waals surface area contributed by atoms with Gasteiger partial charge in [-0.05, 0) is 24.6 Å². The molecule has 0 fully saturated rings. The molecule has 1 aromatic rings. The minimum absolute atomic E-state index is 0.179. The zero-order chi connectivity index (χ0) is 13.3. The molecule has 0 saturated heterocycles. The van der Waals surface area contributed by atoms with Gasteiger partial charge < -0.3 is 10.4 Å². The number of amides is 1. The van der Waals surface area contributed by atoms with E-state index in [1.165, 1.54) is 13.0 Å². The number of hydrogen-bond donors (Lipinski definition) is 2. The number of aliphatic hydroxyl groups is 1. The van der Waals surface area contributed by atoms with E-state index in [4.69, 9.17) is 11.6 Å². The van der Waals surface area contributed by atoms with E-state index in [0.717, 1.165) is 0 Å². The van der Waals surface area contributed by atoms with E-state index in [0.29, 0.717) is 10.6 Å². The van der Waals surface area contributed by atoms with Crippen molar-refractivity contribution in [3.8, 4) is 0 Å². The highest BCUT2D eigenvalue weighted by atomic mass is 35.5. The van der Waals surface area contributed by atoms with Crippen LogP contribution in [0.4, 0.5) is 0 Å². The maximum Gasteiger partial charge on any atom is 0.263 e. The first-order valence-corrected chi connectivity index (χ1v) is 5.60. The van der Waals surface area contributed by atoms with Gasteiger partial charge in [0, 0.05) is 5.02 Å². The molecule has 0 spiro atoms. The Morgan fingerprint density at radius 3 is 2.61 bits per heavy atom. The summed E-state index contributed by atoms with van der Waals surface area (Å²) in [7, 11) is 0. The summed E-state index contributed by atoms with van der Waals surface area (Å²) < 4.78 is 0. The first-order valence-electron chi connectivity index (χ1n) is 5.23. The van der Waals surface area contributed by atoms with Gasteiger partial charge in [-0.2, -0.15) is 0 Å². The monoisotopic (exact) mass is 263 g/mol. The average molecular weight is 264 g/mol. The van der Waals surface area contributed by atoms with Gasteiger partial charge in [0.2, 0.25) is 0 Å². The Hall–Kier alpha value is -2.07. The second-order valence-electron chi connectivity index (χ2n) is 3.81. The Bertz CT molecular complexity index is 602. The number of hydrogen-bond acceptors (Lipinski definition) is 3. The van der Waals surface area contributed by atoms with Gasteiger partial charge >= 0.3 is 0 Å². The molecule has 1 aliphatic rings. The van der Waals surface area contributed by atoms with Crippen molar-refractivity contribution in [3.63, 3.8) is 0 Å². The minimum Gasteiger partial charge on any atom is -0.505 e. The Kier molecular flexibility index (Phi) is 3.21. The fourth-order valence-corrected chi connectivity index (χ4v) is 1.86. The second kappa shape index (κ2) is 4.66. The number of carbonyl (C=O) groups is 2. The quantitative estimate of drug-likeness (QED) is 0.804. The van der Waals surface area contributed by atoms with Crippen LogP contribution < -0.4 is 5.32 Å². The summed E-state index contributed by atoms with van der Waals surface area (Å²) in [5.74, 6) is -1.42. The maximum atomic E-state index is 11.5. The molecule has 1 aromatic carbocycles. The molecule has 92 valence electrons. The minimum atomic E-state index is -0.599. The molecule has 0 atom stereocenters. The molecule has 18 heavy (non-hydrogen) atoms. The molecule has 5 heteroatoms. The van der Waals surface area contributed by atoms with Crippen molar-refractivity contribution >= 4 is 29.4 Å². The van der Waals surface area contributed by atoms with E-state index in [2.05, 4.69) is 5.32 Å². The normalized spacial score (nSPS) is 17.2. The van der Waals surface area contributed by atoms with E-state index in [-0.39, 0.29) is 17.0 Å². The number of rotatable bonds is 2. The van der Waals surface area contributed by atoms with E-state index in [1.807, 2.05) is 0 Å². The molecule has 0 saturated carbocycles. The van der Waals surface area contributed by atoms with Crippen LogP contribution in [0.2, 0.25) is 5.02 Å². The lowest BCUT2D eigenvalue weighted by Gasteiger charge is -2.01. The van der Waals surface area contributed by atoms with Gasteiger partial charge in [0.1, 0.15) is 5.57 Å². The van der Waals surface area contributed by atoms with E-state index in [1.54, 1.807) is 24.3 Å². The van der Waals surface area contributed by atoms with Crippen LogP contribution in [0.15, 0.2) is 41.3 Å². The topological polar surface area (TPSA) is 66.4 Å². The largest absolute Gasteiger partial charge is 0.505 e. The Morgan fingerprint density at radius 2 is 2.06 bits per heavy atom. The van der Waals surface area contributed by atoms with Gasteiger partial charge in [-0.25, -0.2) is 0 Å². The molecular weight excluding hydrogens is 254 g/mol. The molecule has 0 aromatic heterocycles. The fourth-order valence-electron chi connectivity index (χ4n) is 1.66. The SMILES string of the molecule is CC(=O)C1=C(O)/C(=C/c2ccccc2Cl)NC1=O. The van der Waals surface area contributed by atoms with E-state index in [9.17, 15) is 14.7 Å². The van der Waals surface area contributed by atoms with Crippen molar-refractivity contribution in [1.82, 2.24) is 5.32 Å². The number of ketones is 1. The van der Waals surface area contributed by atoms with Crippen LogP contribution in [0.1, 0.15) is 12.5 Å². The third kappa shape index (κ3) is 2.15. The van der Waals surface area contributed by atoms with E-state index < -0.39 is 11.7 Å². The van der Waals surface area contributed by atoms with Crippen LogP contribution >= 0.6 is 11.6 Å². The van der Waals surface area contributed by atoms with Gasteiger partial charge in [-0.3, -0.25) is 9.59 Å². The standard InChI is InChI=1S/C13H10ClNO3/c1-7(16)11-12(17)10(15-13(11)18)6-8-4-2-3-5-9(8)14/h2-6,17H,1H3,(H,15,18)/b10-6-. The highest BCUT2D eigenvalue weighted by Gasteiger charge is 2.30. The number of aliphatic hydroxyl groups excluding tert-OH is 1. The highest BCUT2D eigenvalue weighted by Crippen LogP contribution is 2.24. The highest BCUT2D eigenvalue weighted by molar-refractivity contribution is 6.32. The molecule has 0 radical (unpaired) electrons. The molecule has 1 heterocycles. The number of benzene rings is 1. The summed E-state index contributed by atoms with van der Waals surface area (Å²) >= 11 is 5.96. The lowest BCUT2D eigenvalue weighted by Crippen LogP contribution is -2.19. The third-order valence-electron chi connectivity index (χ3n) is 2.52. The van der Waals surface area contributed by atoms with Crippen LogP contribution in [0.5, 0.6) is 0 Å². The van der Waals surface area contributed by atoms with Crippen molar-refractivity contribution in [1.29, 1.82) is 0 Å². The molecule has 1 amide bonds. The molecule has 0 bridgehead atoms. The molecule has 2 rings (SSSR count). The van der Waals surface area contributed by atoms with Crippen LogP contribution in [0.3, 0.4) is 0 Å². The zero-order valence-corrected chi connectivity index (χ0v) is 10.3. The van der Waals surface area contributed by atoms with Crippen LogP contribution in [-0.4, -0.2) is 16.8 Å². The van der Waals surface area contributed by atoms with E-state index >= 15 is 0 Å². The number of Topliss-reactive ketones (excluding diaryl/α,β-unsaturated/α-hetero) is 1. The summed E-state index contributed by atoms with van der Waals surface area (Å²) in [5.41, 5.74) is 0.595.